The van der Waals surface area contributed by atoms with Crippen molar-refractivity contribution in [3.8, 4) is 0 Å². The second-order valence-corrected chi connectivity index (χ2v) is 4.32. The Labute approximate surface area is 105 Å². The molecule has 1 aromatic carbocycles. The molecule has 1 aromatic rings. The van der Waals surface area contributed by atoms with Crippen LogP contribution in [-0.4, -0.2) is 35.7 Å². The third-order valence-corrected chi connectivity index (χ3v) is 3.14. The molecule has 1 saturated heterocycles. The van der Waals surface area contributed by atoms with Crippen molar-refractivity contribution in [3.63, 3.8) is 0 Å². The van der Waals surface area contributed by atoms with Gasteiger partial charge in [-0.05, 0) is 12.1 Å². The molecule has 0 saturated carbocycles. The molecule has 0 aliphatic carbocycles. The Kier molecular flexibility index (Phi) is 3.62. The van der Waals surface area contributed by atoms with E-state index in [9.17, 15) is 14.7 Å². The molecule has 1 aliphatic heterocycles. The van der Waals surface area contributed by atoms with E-state index >= 15 is 0 Å². The molecule has 1 aliphatic rings. The predicted molar refractivity (Wildman–Crippen MR) is 64.3 cm³/mol. The second kappa shape index (κ2) is 5.18. The molecular formula is C13H15NO4. The molecule has 0 spiro atoms. The summed E-state index contributed by atoms with van der Waals surface area (Å²) in [6, 6.07) is 8.60. The molecule has 18 heavy (non-hydrogen) atoms. The first-order chi connectivity index (χ1) is 8.64. The van der Waals surface area contributed by atoms with Gasteiger partial charge in [-0.25, -0.2) is 4.79 Å². The van der Waals surface area contributed by atoms with E-state index in [4.69, 9.17) is 4.74 Å². The maximum Gasteiger partial charge on any atom is 0.329 e. The van der Waals surface area contributed by atoms with Crippen LogP contribution in [-0.2, 0) is 9.53 Å². The highest BCUT2D eigenvalue weighted by Gasteiger charge is 2.41. The van der Waals surface area contributed by atoms with Gasteiger partial charge in [0.25, 0.3) is 5.91 Å². The lowest BCUT2D eigenvalue weighted by molar-refractivity contribution is -0.148. The van der Waals surface area contributed by atoms with Gasteiger partial charge in [0.1, 0.15) is 5.54 Å². The van der Waals surface area contributed by atoms with Crippen molar-refractivity contribution in [2.24, 2.45) is 0 Å². The number of carboxylic acid groups (broad SMARTS) is 1. The van der Waals surface area contributed by atoms with Crippen LogP contribution in [0, 0.1) is 0 Å². The van der Waals surface area contributed by atoms with Crippen molar-refractivity contribution in [2.45, 2.75) is 18.4 Å². The average molecular weight is 249 g/mol. The maximum atomic E-state index is 12.0. The zero-order valence-electron chi connectivity index (χ0n) is 9.89. The van der Waals surface area contributed by atoms with Gasteiger partial charge < -0.3 is 15.2 Å². The maximum absolute atomic E-state index is 12.0. The fourth-order valence-corrected chi connectivity index (χ4v) is 1.99. The van der Waals surface area contributed by atoms with Gasteiger partial charge in [0.15, 0.2) is 0 Å². The number of aliphatic carboxylic acids is 1. The summed E-state index contributed by atoms with van der Waals surface area (Å²) < 4.78 is 5.15. The van der Waals surface area contributed by atoms with E-state index in [1.54, 1.807) is 30.3 Å². The van der Waals surface area contributed by atoms with E-state index in [0.717, 1.165) is 0 Å². The number of amides is 1. The number of hydrogen-bond acceptors (Lipinski definition) is 3. The number of carboxylic acids is 1. The van der Waals surface area contributed by atoms with Crippen molar-refractivity contribution in [1.29, 1.82) is 0 Å². The van der Waals surface area contributed by atoms with Gasteiger partial charge in [-0.15, -0.1) is 0 Å². The van der Waals surface area contributed by atoms with E-state index in [-0.39, 0.29) is 5.91 Å². The van der Waals surface area contributed by atoms with Crippen LogP contribution in [0.2, 0.25) is 0 Å². The largest absolute Gasteiger partial charge is 0.480 e. The smallest absolute Gasteiger partial charge is 0.329 e. The molecule has 1 fully saturated rings. The molecule has 1 heterocycles. The summed E-state index contributed by atoms with van der Waals surface area (Å²) in [6.07, 6.45) is 0.585. The number of nitrogens with one attached hydrogen (secondary N) is 1. The molecule has 5 nitrogen and oxygen atoms in total. The number of hydrogen-bond donors (Lipinski definition) is 2. The zero-order chi connectivity index (χ0) is 13.0. The van der Waals surface area contributed by atoms with Crippen LogP contribution < -0.4 is 5.32 Å². The number of carbonyl (C=O) groups excluding carboxylic acids is 1. The second-order valence-electron chi connectivity index (χ2n) is 4.32. The van der Waals surface area contributed by atoms with Crippen LogP contribution in [0.15, 0.2) is 30.3 Å². The molecular weight excluding hydrogens is 234 g/mol. The van der Waals surface area contributed by atoms with Crippen molar-refractivity contribution in [2.75, 3.05) is 13.2 Å². The minimum absolute atomic E-state index is 0.293. The molecule has 2 rings (SSSR count). The Morgan fingerprint density at radius 2 is 1.78 bits per heavy atom. The normalized spacial score (nSPS) is 18.0. The van der Waals surface area contributed by atoms with Crippen LogP contribution in [0.5, 0.6) is 0 Å². The summed E-state index contributed by atoms with van der Waals surface area (Å²) in [4.78, 5) is 23.4. The molecule has 96 valence electrons. The lowest BCUT2D eigenvalue weighted by Gasteiger charge is -2.33. The molecule has 5 heteroatoms. The van der Waals surface area contributed by atoms with Crippen molar-refractivity contribution >= 4 is 11.9 Å². The van der Waals surface area contributed by atoms with Crippen LogP contribution in [0.1, 0.15) is 23.2 Å². The van der Waals surface area contributed by atoms with E-state index in [1.807, 2.05) is 0 Å². The monoisotopic (exact) mass is 249 g/mol. The number of benzene rings is 1. The van der Waals surface area contributed by atoms with Gasteiger partial charge in [0.05, 0.1) is 0 Å². The van der Waals surface area contributed by atoms with Crippen molar-refractivity contribution in [3.05, 3.63) is 35.9 Å². The van der Waals surface area contributed by atoms with E-state index in [1.165, 1.54) is 0 Å². The lowest BCUT2D eigenvalue weighted by Crippen LogP contribution is -2.57. The van der Waals surface area contributed by atoms with Crippen LogP contribution in [0.4, 0.5) is 0 Å². The first-order valence-electron chi connectivity index (χ1n) is 5.83. The first kappa shape index (κ1) is 12.6. The molecule has 0 unspecified atom stereocenters. The summed E-state index contributed by atoms with van der Waals surface area (Å²) in [5, 5.41) is 11.9. The minimum atomic E-state index is -1.20. The Bertz CT molecular complexity index is 438. The number of ether oxygens (including phenoxy) is 1. The third kappa shape index (κ3) is 2.51. The van der Waals surface area contributed by atoms with Crippen LogP contribution in [0.25, 0.3) is 0 Å². The fraction of sp³-hybridized carbons (Fsp3) is 0.385. The van der Waals surface area contributed by atoms with Crippen LogP contribution >= 0.6 is 0 Å². The van der Waals surface area contributed by atoms with Crippen LogP contribution in [0.3, 0.4) is 0 Å². The highest BCUT2D eigenvalue weighted by Crippen LogP contribution is 2.21. The van der Waals surface area contributed by atoms with E-state index < -0.39 is 11.5 Å². The fourth-order valence-electron chi connectivity index (χ4n) is 1.99. The summed E-state index contributed by atoms with van der Waals surface area (Å²) in [5.74, 6) is -1.37. The molecule has 0 radical (unpaired) electrons. The third-order valence-electron chi connectivity index (χ3n) is 3.14. The quantitative estimate of drug-likeness (QED) is 0.839. The number of carbonyl (C=O) groups is 2. The van der Waals surface area contributed by atoms with E-state index in [0.29, 0.717) is 31.6 Å². The predicted octanol–water partition coefficient (Wildman–Crippen LogP) is 1.05. The Hall–Kier alpha value is -1.88. The zero-order valence-corrected chi connectivity index (χ0v) is 9.89. The highest BCUT2D eigenvalue weighted by atomic mass is 16.5. The van der Waals surface area contributed by atoms with Gasteiger partial charge in [0.2, 0.25) is 0 Å². The SMILES string of the molecule is O=C(NC1(C(=O)O)CCOCC1)c1ccccc1. The van der Waals surface area contributed by atoms with Crippen molar-refractivity contribution < 1.29 is 19.4 Å². The van der Waals surface area contributed by atoms with Gasteiger partial charge in [-0.1, -0.05) is 18.2 Å². The Morgan fingerprint density at radius 3 is 2.33 bits per heavy atom. The molecule has 0 bridgehead atoms. The molecule has 2 N–H and O–H groups in total. The first-order valence-corrected chi connectivity index (χ1v) is 5.83. The van der Waals surface area contributed by atoms with Crippen molar-refractivity contribution in [1.82, 2.24) is 5.32 Å². The van der Waals surface area contributed by atoms with Gasteiger partial charge in [0, 0.05) is 31.6 Å². The standard InChI is InChI=1S/C13H15NO4/c15-11(10-4-2-1-3-5-10)14-13(12(16)17)6-8-18-9-7-13/h1-5H,6-9H2,(H,14,15)(H,16,17). The minimum Gasteiger partial charge on any atom is -0.480 e. The summed E-state index contributed by atoms with van der Waals surface area (Å²) in [5.41, 5.74) is -0.741. The molecule has 0 aromatic heterocycles. The summed E-state index contributed by atoms with van der Waals surface area (Å²) in [7, 11) is 0. The Morgan fingerprint density at radius 1 is 1.17 bits per heavy atom. The van der Waals surface area contributed by atoms with Gasteiger partial charge in [-0.2, -0.15) is 0 Å². The number of rotatable bonds is 3. The summed E-state index contributed by atoms with van der Waals surface area (Å²) >= 11 is 0. The lowest BCUT2D eigenvalue weighted by atomic mass is 9.89. The Balaban J connectivity index is 2.15. The van der Waals surface area contributed by atoms with Gasteiger partial charge >= 0.3 is 5.97 Å². The van der Waals surface area contributed by atoms with E-state index in [2.05, 4.69) is 5.32 Å². The highest BCUT2D eigenvalue weighted by molar-refractivity contribution is 5.97. The molecule has 1 amide bonds. The molecule has 0 atom stereocenters. The topological polar surface area (TPSA) is 75.6 Å². The average Bonchev–Trinajstić information content (AvgIpc) is 2.40. The summed E-state index contributed by atoms with van der Waals surface area (Å²) in [6.45, 7) is 0.697. The van der Waals surface area contributed by atoms with Gasteiger partial charge in [-0.3, -0.25) is 4.79 Å².